The Morgan fingerprint density at radius 1 is 1.53 bits per heavy atom. The van der Waals surface area contributed by atoms with Crippen LogP contribution in [0.5, 0.6) is 0 Å². The SMILES string of the molecule is O=c1[nH]c(CNCC2CCCC2O)nc2ccsc12. The molecule has 0 spiro atoms. The van der Waals surface area contributed by atoms with E-state index in [0.717, 1.165) is 31.3 Å². The van der Waals surface area contributed by atoms with E-state index in [2.05, 4.69) is 15.3 Å². The Morgan fingerprint density at radius 3 is 3.21 bits per heavy atom. The second-order valence-electron chi connectivity index (χ2n) is 5.04. The van der Waals surface area contributed by atoms with Crippen molar-refractivity contribution >= 4 is 21.6 Å². The molecule has 2 atom stereocenters. The number of aromatic amines is 1. The molecule has 0 saturated heterocycles. The fourth-order valence-electron chi connectivity index (χ4n) is 2.64. The average Bonchev–Trinajstić information content (AvgIpc) is 2.99. The van der Waals surface area contributed by atoms with E-state index in [1.165, 1.54) is 11.3 Å². The summed E-state index contributed by atoms with van der Waals surface area (Å²) in [6, 6.07) is 1.86. The first-order valence-electron chi connectivity index (χ1n) is 6.59. The van der Waals surface area contributed by atoms with Crippen LogP contribution >= 0.6 is 11.3 Å². The highest BCUT2D eigenvalue weighted by Crippen LogP contribution is 2.24. The lowest BCUT2D eigenvalue weighted by Gasteiger charge is -2.14. The van der Waals surface area contributed by atoms with Gasteiger partial charge < -0.3 is 15.4 Å². The normalized spacial score (nSPS) is 23.2. The van der Waals surface area contributed by atoms with Crippen LogP contribution in [0.15, 0.2) is 16.2 Å². The Hall–Kier alpha value is -1.24. The third-order valence-corrected chi connectivity index (χ3v) is 4.58. The standard InChI is InChI=1S/C13H17N3O2S/c17-10-3-1-2-8(10)6-14-7-11-15-9-4-5-19-12(9)13(18)16-11/h4-5,8,10,14,17H,1-3,6-7H2,(H,15,16,18). The molecule has 2 aromatic heterocycles. The molecule has 0 aromatic carbocycles. The zero-order valence-corrected chi connectivity index (χ0v) is 11.4. The van der Waals surface area contributed by atoms with E-state index in [4.69, 9.17) is 0 Å². The first-order chi connectivity index (χ1) is 9.24. The highest BCUT2D eigenvalue weighted by molar-refractivity contribution is 7.17. The van der Waals surface area contributed by atoms with Crippen molar-refractivity contribution in [1.29, 1.82) is 0 Å². The molecule has 1 saturated carbocycles. The summed E-state index contributed by atoms with van der Waals surface area (Å²) in [6.07, 6.45) is 2.90. The lowest BCUT2D eigenvalue weighted by molar-refractivity contribution is 0.131. The molecule has 3 N–H and O–H groups in total. The summed E-state index contributed by atoms with van der Waals surface area (Å²) >= 11 is 1.41. The van der Waals surface area contributed by atoms with Gasteiger partial charge in [-0.05, 0) is 30.2 Å². The van der Waals surface area contributed by atoms with Crippen LogP contribution in [0.3, 0.4) is 0 Å². The summed E-state index contributed by atoms with van der Waals surface area (Å²) in [5, 5.41) is 14.9. The molecule has 2 aromatic rings. The quantitative estimate of drug-likeness (QED) is 0.787. The second-order valence-corrected chi connectivity index (χ2v) is 5.95. The maximum atomic E-state index is 11.8. The minimum absolute atomic E-state index is 0.0716. The van der Waals surface area contributed by atoms with Crippen LogP contribution in [-0.4, -0.2) is 27.7 Å². The van der Waals surface area contributed by atoms with Gasteiger partial charge in [-0.25, -0.2) is 4.98 Å². The molecule has 0 amide bonds. The third-order valence-electron chi connectivity index (χ3n) is 3.68. The largest absolute Gasteiger partial charge is 0.393 e. The topological polar surface area (TPSA) is 78.0 Å². The zero-order chi connectivity index (χ0) is 13.2. The van der Waals surface area contributed by atoms with Crippen molar-refractivity contribution in [1.82, 2.24) is 15.3 Å². The molecule has 1 aliphatic rings. The predicted molar refractivity (Wildman–Crippen MR) is 75.3 cm³/mol. The monoisotopic (exact) mass is 279 g/mol. The van der Waals surface area contributed by atoms with Crippen molar-refractivity contribution < 1.29 is 5.11 Å². The maximum absolute atomic E-state index is 11.8. The average molecular weight is 279 g/mol. The smallest absolute Gasteiger partial charge is 0.268 e. The van der Waals surface area contributed by atoms with Crippen LogP contribution in [0.2, 0.25) is 0 Å². The highest BCUT2D eigenvalue weighted by Gasteiger charge is 2.24. The number of H-pyrrole nitrogens is 1. The number of aromatic nitrogens is 2. The van der Waals surface area contributed by atoms with Gasteiger partial charge in [-0.15, -0.1) is 11.3 Å². The van der Waals surface area contributed by atoms with Crippen LogP contribution in [0.4, 0.5) is 0 Å². The Labute approximate surface area is 114 Å². The fourth-order valence-corrected chi connectivity index (χ4v) is 3.36. The van der Waals surface area contributed by atoms with Gasteiger partial charge in [0.2, 0.25) is 0 Å². The minimum atomic E-state index is -0.182. The van der Waals surface area contributed by atoms with Crippen molar-refractivity contribution in [3.63, 3.8) is 0 Å². The van der Waals surface area contributed by atoms with E-state index in [1.54, 1.807) is 0 Å². The van der Waals surface area contributed by atoms with Gasteiger partial charge in [0.05, 0.1) is 18.2 Å². The number of nitrogens with zero attached hydrogens (tertiary/aromatic N) is 1. The first-order valence-corrected chi connectivity index (χ1v) is 7.47. The van der Waals surface area contributed by atoms with Crippen LogP contribution in [0, 0.1) is 5.92 Å². The Morgan fingerprint density at radius 2 is 2.42 bits per heavy atom. The highest BCUT2D eigenvalue weighted by atomic mass is 32.1. The molecule has 0 bridgehead atoms. The van der Waals surface area contributed by atoms with E-state index in [1.807, 2.05) is 11.4 Å². The number of aliphatic hydroxyl groups is 1. The lowest BCUT2D eigenvalue weighted by Crippen LogP contribution is -2.28. The molecule has 3 rings (SSSR count). The molecule has 0 aliphatic heterocycles. The van der Waals surface area contributed by atoms with Crippen LogP contribution in [0.1, 0.15) is 25.1 Å². The van der Waals surface area contributed by atoms with Crippen LogP contribution < -0.4 is 10.9 Å². The molecule has 5 nitrogen and oxygen atoms in total. The molecule has 1 fully saturated rings. The number of thiophene rings is 1. The number of hydrogen-bond donors (Lipinski definition) is 3. The van der Waals surface area contributed by atoms with Crippen LogP contribution in [-0.2, 0) is 6.54 Å². The molecule has 2 heterocycles. The molecular formula is C13H17N3O2S. The summed E-state index contributed by atoms with van der Waals surface area (Å²) in [7, 11) is 0. The van der Waals surface area contributed by atoms with Crippen molar-refractivity contribution in [3.05, 3.63) is 27.6 Å². The van der Waals surface area contributed by atoms with E-state index in [-0.39, 0.29) is 11.7 Å². The van der Waals surface area contributed by atoms with Gasteiger partial charge >= 0.3 is 0 Å². The van der Waals surface area contributed by atoms with Crippen LogP contribution in [0.25, 0.3) is 10.2 Å². The summed E-state index contributed by atoms with van der Waals surface area (Å²) in [5.41, 5.74) is 0.684. The fraction of sp³-hybridized carbons (Fsp3) is 0.538. The van der Waals surface area contributed by atoms with E-state index < -0.39 is 0 Å². The number of hydrogen-bond acceptors (Lipinski definition) is 5. The number of fused-ring (bicyclic) bond motifs is 1. The Kier molecular flexibility index (Phi) is 3.63. The zero-order valence-electron chi connectivity index (χ0n) is 10.6. The minimum Gasteiger partial charge on any atom is -0.393 e. The lowest BCUT2D eigenvalue weighted by atomic mass is 10.1. The van der Waals surface area contributed by atoms with Gasteiger partial charge in [0, 0.05) is 6.54 Å². The molecule has 0 radical (unpaired) electrons. The summed E-state index contributed by atoms with van der Waals surface area (Å²) < 4.78 is 0.676. The summed E-state index contributed by atoms with van der Waals surface area (Å²) in [5.74, 6) is 0.986. The van der Waals surface area contributed by atoms with Gasteiger partial charge in [0.1, 0.15) is 10.5 Å². The summed E-state index contributed by atoms with van der Waals surface area (Å²) in [4.78, 5) is 19.0. The Bertz CT molecular complexity index is 622. The van der Waals surface area contributed by atoms with Crippen molar-refractivity contribution in [2.45, 2.75) is 31.9 Å². The first kappa shape index (κ1) is 12.8. The third kappa shape index (κ3) is 2.70. The molecular weight excluding hydrogens is 262 g/mol. The molecule has 6 heteroatoms. The van der Waals surface area contributed by atoms with Crippen molar-refractivity contribution in [3.8, 4) is 0 Å². The van der Waals surface area contributed by atoms with Gasteiger partial charge in [0.25, 0.3) is 5.56 Å². The molecule has 102 valence electrons. The molecule has 19 heavy (non-hydrogen) atoms. The van der Waals surface area contributed by atoms with Crippen molar-refractivity contribution in [2.75, 3.05) is 6.54 Å². The molecule has 1 aliphatic carbocycles. The Balaban J connectivity index is 1.63. The number of rotatable bonds is 4. The van der Waals surface area contributed by atoms with Gasteiger partial charge in [-0.2, -0.15) is 0 Å². The van der Waals surface area contributed by atoms with Gasteiger partial charge in [-0.3, -0.25) is 4.79 Å². The number of aliphatic hydroxyl groups excluding tert-OH is 1. The van der Waals surface area contributed by atoms with E-state index in [0.29, 0.717) is 23.0 Å². The van der Waals surface area contributed by atoms with E-state index in [9.17, 15) is 9.90 Å². The predicted octanol–water partition coefficient (Wildman–Crippen LogP) is 1.24. The number of nitrogens with one attached hydrogen (secondary N) is 2. The van der Waals surface area contributed by atoms with Crippen molar-refractivity contribution in [2.24, 2.45) is 5.92 Å². The second kappa shape index (κ2) is 5.40. The van der Waals surface area contributed by atoms with Gasteiger partial charge in [-0.1, -0.05) is 6.42 Å². The molecule has 2 unspecified atom stereocenters. The van der Waals surface area contributed by atoms with Gasteiger partial charge in [0.15, 0.2) is 0 Å². The van der Waals surface area contributed by atoms with E-state index >= 15 is 0 Å². The summed E-state index contributed by atoms with van der Waals surface area (Å²) in [6.45, 7) is 1.30. The maximum Gasteiger partial charge on any atom is 0.268 e.